The third kappa shape index (κ3) is 2.26. The Bertz CT molecular complexity index is 467. The molecule has 2 heterocycles. The van der Waals surface area contributed by atoms with Crippen LogP contribution in [0.5, 0.6) is 0 Å². The van der Waals surface area contributed by atoms with Crippen LogP contribution < -0.4 is 0 Å². The molecule has 1 atom stereocenters. The Morgan fingerprint density at radius 2 is 2.11 bits per heavy atom. The summed E-state index contributed by atoms with van der Waals surface area (Å²) in [6.07, 6.45) is 5.77. The molecular weight excluding hydrogens is 226 g/mol. The van der Waals surface area contributed by atoms with E-state index in [9.17, 15) is 4.79 Å². The van der Waals surface area contributed by atoms with Crippen molar-refractivity contribution in [2.24, 2.45) is 0 Å². The zero-order valence-electron chi connectivity index (χ0n) is 10.3. The standard InChI is InChI=1S/C15H17NO2/c17-15-16-9-5-4-8-13(16)11-14(18-15)10-12-6-2-1-3-7-12/h1-3,6-8,14H,4-5,9-11H2. The molecule has 1 fully saturated rings. The molecule has 0 aromatic heterocycles. The van der Waals surface area contributed by atoms with Gasteiger partial charge in [0.15, 0.2) is 0 Å². The maximum absolute atomic E-state index is 11.9. The average molecular weight is 243 g/mol. The smallest absolute Gasteiger partial charge is 0.414 e. The van der Waals surface area contributed by atoms with Crippen molar-refractivity contribution in [1.29, 1.82) is 0 Å². The molecule has 1 amide bonds. The van der Waals surface area contributed by atoms with Crippen LogP contribution in [-0.4, -0.2) is 23.6 Å². The number of ether oxygens (including phenoxy) is 1. The summed E-state index contributed by atoms with van der Waals surface area (Å²) in [4.78, 5) is 13.7. The van der Waals surface area contributed by atoms with E-state index in [0.29, 0.717) is 0 Å². The molecule has 0 aliphatic carbocycles. The van der Waals surface area contributed by atoms with Crippen LogP contribution in [0.25, 0.3) is 0 Å². The second-order valence-corrected chi connectivity index (χ2v) is 4.89. The van der Waals surface area contributed by atoms with E-state index < -0.39 is 0 Å². The van der Waals surface area contributed by atoms with Gasteiger partial charge in [-0.25, -0.2) is 4.79 Å². The maximum atomic E-state index is 11.9. The normalized spacial score (nSPS) is 23.1. The lowest BCUT2D eigenvalue weighted by Crippen LogP contribution is -2.42. The van der Waals surface area contributed by atoms with Crippen molar-refractivity contribution >= 4 is 6.09 Å². The van der Waals surface area contributed by atoms with Gasteiger partial charge in [-0.1, -0.05) is 36.4 Å². The summed E-state index contributed by atoms with van der Waals surface area (Å²) in [5, 5.41) is 0. The molecule has 1 aromatic carbocycles. The minimum Gasteiger partial charge on any atom is -0.445 e. The Hall–Kier alpha value is -1.77. The highest BCUT2D eigenvalue weighted by Gasteiger charge is 2.31. The Morgan fingerprint density at radius 1 is 1.28 bits per heavy atom. The van der Waals surface area contributed by atoms with Crippen LogP contribution in [0.4, 0.5) is 4.79 Å². The molecule has 0 bridgehead atoms. The molecule has 0 N–H and O–H groups in total. The fourth-order valence-electron chi connectivity index (χ4n) is 2.65. The van der Waals surface area contributed by atoms with Gasteiger partial charge in [-0.3, -0.25) is 4.90 Å². The number of allylic oxidation sites excluding steroid dienone is 1. The Labute approximate surface area is 107 Å². The van der Waals surface area contributed by atoms with Gasteiger partial charge in [-0.15, -0.1) is 0 Å². The molecule has 1 saturated heterocycles. The van der Waals surface area contributed by atoms with Crippen LogP contribution in [0.2, 0.25) is 0 Å². The highest BCUT2D eigenvalue weighted by atomic mass is 16.6. The first-order valence-corrected chi connectivity index (χ1v) is 6.54. The van der Waals surface area contributed by atoms with Crippen molar-refractivity contribution in [3.8, 4) is 0 Å². The Balaban J connectivity index is 1.72. The van der Waals surface area contributed by atoms with E-state index in [4.69, 9.17) is 4.74 Å². The molecule has 0 spiro atoms. The lowest BCUT2D eigenvalue weighted by atomic mass is 10.00. The highest BCUT2D eigenvalue weighted by Crippen LogP contribution is 2.28. The summed E-state index contributed by atoms with van der Waals surface area (Å²) in [5.74, 6) is 0. The van der Waals surface area contributed by atoms with Crippen LogP contribution >= 0.6 is 0 Å². The maximum Gasteiger partial charge on any atom is 0.414 e. The number of carbonyl (C=O) groups excluding carboxylic acids is 1. The van der Waals surface area contributed by atoms with Crippen molar-refractivity contribution in [3.05, 3.63) is 47.7 Å². The summed E-state index contributed by atoms with van der Waals surface area (Å²) in [5.41, 5.74) is 2.37. The average Bonchev–Trinajstić information content (AvgIpc) is 2.40. The van der Waals surface area contributed by atoms with Crippen LogP contribution in [-0.2, 0) is 11.2 Å². The number of hydrogen-bond acceptors (Lipinski definition) is 2. The molecule has 2 aliphatic heterocycles. The van der Waals surface area contributed by atoms with Gasteiger partial charge in [0.2, 0.25) is 0 Å². The molecule has 18 heavy (non-hydrogen) atoms. The van der Waals surface area contributed by atoms with E-state index in [1.165, 1.54) is 5.56 Å². The van der Waals surface area contributed by atoms with Crippen molar-refractivity contribution in [2.45, 2.75) is 31.8 Å². The summed E-state index contributed by atoms with van der Waals surface area (Å²) in [7, 11) is 0. The fourth-order valence-corrected chi connectivity index (χ4v) is 2.65. The van der Waals surface area contributed by atoms with Gasteiger partial charge in [-0.05, 0) is 18.4 Å². The van der Waals surface area contributed by atoms with Crippen LogP contribution in [0, 0.1) is 0 Å². The van der Waals surface area contributed by atoms with E-state index in [1.807, 2.05) is 18.2 Å². The first-order valence-electron chi connectivity index (χ1n) is 6.54. The van der Waals surface area contributed by atoms with Crippen molar-refractivity contribution in [2.75, 3.05) is 6.54 Å². The van der Waals surface area contributed by atoms with Gasteiger partial charge in [0.25, 0.3) is 0 Å². The first-order chi connectivity index (χ1) is 8.83. The van der Waals surface area contributed by atoms with E-state index in [0.717, 1.165) is 37.9 Å². The van der Waals surface area contributed by atoms with Gasteiger partial charge in [0.1, 0.15) is 6.10 Å². The van der Waals surface area contributed by atoms with E-state index in [1.54, 1.807) is 4.90 Å². The van der Waals surface area contributed by atoms with Crippen molar-refractivity contribution in [3.63, 3.8) is 0 Å². The summed E-state index contributed by atoms with van der Waals surface area (Å²) >= 11 is 0. The van der Waals surface area contributed by atoms with E-state index >= 15 is 0 Å². The highest BCUT2D eigenvalue weighted by molar-refractivity contribution is 5.71. The molecule has 3 nitrogen and oxygen atoms in total. The van der Waals surface area contributed by atoms with Crippen LogP contribution in [0.1, 0.15) is 24.8 Å². The van der Waals surface area contributed by atoms with Crippen molar-refractivity contribution < 1.29 is 9.53 Å². The van der Waals surface area contributed by atoms with Gasteiger partial charge in [-0.2, -0.15) is 0 Å². The first kappa shape index (κ1) is 11.3. The number of carbonyl (C=O) groups is 1. The zero-order chi connectivity index (χ0) is 12.4. The van der Waals surface area contributed by atoms with Gasteiger partial charge >= 0.3 is 6.09 Å². The fraction of sp³-hybridized carbons (Fsp3) is 0.400. The number of nitrogens with zero attached hydrogens (tertiary/aromatic N) is 1. The van der Waals surface area contributed by atoms with Crippen LogP contribution in [0.3, 0.4) is 0 Å². The third-order valence-corrected chi connectivity index (χ3v) is 3.54. The molecular formula is C15H17NO2. The number of fused-ring (bicyclic) bond motifs is 1. The number of benzene rings is 1. The van der Waals surface area contributed by atoms with E-state index in [2.05, 4.69) is 18.2 Å². The Morgan fingerprint density at radius 3 is 2.94 bits per heavy atom. The Kier molecular flexibility index (Phi) is 3.05. The molecule has 94 valence electrons. The van der Waals surface area contributed by atoms with Gasteiger partial charge in [0.05, 0.1) is 0 Å². The molecule has 3 rings (SSSR count). The molecule has 2 aliphatic rings. The molecule has 0 radical (unpaired) electrons. The predicted octanol–water partition coefficient (Wildman–Crippen LogP) is 3.12. The predicted molar refractivity (Wildman–Crippen MR) is 69.1 cm³/mol. The van der Waals surface area contributed by atoms with Crippen LogP contribution in [0.15, 0.2) is 42.1 Å². The molecule has 1 unspecified atom stereocenters. The second-order valence-electron chi connectivity index (χ2n) is 4.89. The topological polar surface area (TPSA) is 29.5 Å². The zero-order valence-corrected chi connectivity index (χ0v) is 10.3. The molecule has 3 heteroatoms. The van der Waals surface area contributed by atoms with Crippen molar-refractivity contribution in [1.82, 2.24) is 4.90 Å². The number of amides is 1. The molecule has 0 saturated carbocycles. The number of cyclic esters (lactones) is 1. The second kappa shape index (κ2) is 4.84. The third-order valence-electron chi connectivity index (χ3n) is 3.54. The lowest BCUT2D eigenvalue weighted by Gasteiger charge is -2.36. The van der Waals surface area contributed by atoms with Gasteiger partial charge in [0, 0.05) is 25.1 Å². The molecule has 1 aromatic rings. The quantitative estimate of drug-likeness (QED) is 0.798. The minimum atomic E-state index is -0.173. The monoisotopic (exact) mass is 243 g/mol. The summed E-state index contributed by atoms with van der Waals surface area (Å²) in [6, 6.07) is 10.2. The number of rotatable bonds is 2. The SMILES string of the molecule is O=C1OC(Cc2ccccc2)CC2=CCCCN12. The minimum absolute atomic E-state index is 0.0134. The van der Waals surface area contributed by atoms with E-state index in [-0.39, 0.29) is 12.2 Å². The lowest BCUT2D eigenvalue weighted by molar-refractivity contribution is 0.0418. The van der Waals surface area contributed by atoms with Gasteiger partial charge < -0.3 is 4.74 Å². The largest absolute Gasteiger partial charge is 0.445 e. The summed E-state index contributed by atoms with van der Waals surface area (Å²) in [6.45, 7) is 0.808. The summed E-state index contributed by atoms with van der Waals surface area (Å²) < 4.78 is 5.51. The number of hydrogen-bond donors (Lipinski definition) is 0.